The Morgan fingerprint density at radius 2 is 1.71 bits per heavy atom. The van der Waals surface area contributed by atoms with Gasteiger partial charge in [0.05, 0.1) is 6.04 Å². The average molecular weight is 387 g/mol. The molecule has 0 aromatic heterocycles. The summed E-state index contributed by atoms with van der Waals surface area (Å²) in [6, 6.07) is 9.95. The third-order valence-electron chi connectivity index (χ3n) is 3.55. The van der Waals surface area contributed by atoms with Crippen LogP contribution in [0.1, 0.15) is 35.2 Å². The fourth-order valence-electron chi connectivity index (χ4n) is 2.47. The first-order chi connectivity index (χ1) is 9.95. The summed E-state index contributed by atoms with van der Waals surface area (Å²) in [6.45, 7) is 7.11. The van der Waals surface area contributed by atoms with E-state index in [-0.39, 0.29) is 6.04 Å². The van der Waals surface area contributed by atoms with Crippen molar-refractivity contribution in [2.24, 2.45) is 0 Å². The van der Waals surface area contributed by atoms with Gasteiger partial charge in [0.25, 0.3) is 0 Å². The molecule has 2 rings (SSSR count). The molecule has 21 heavy (non-hydrogen) atoms. The zero-order valence-electron chi connectivity index (χ0n) is 12.3. The van der Waals surface area contributed by atoms with Crippen molar-refractivity contribution in [3.05, 3.63) is 67.1 Å². The summed E-state index contributed by atoms with van der Waals surface area (Å²) in [7, 11) is 0. The van der Waals surface area contributed by atoms with Crippen LogP contribution in [0.25, 0.3) is 0 Å². The molecule has 1 N–H and O–H groups in total. The van der Waals surface area contributed by atoms with Crippen molar-refractivity contribution in [2.45, 2.75) is 26.8 Å². The highest BCUT2D eigenvalue weighted by Gasteiger charge is 2.21. The highest BCUT2D eigenvalue weighted by Crippen LogP contribution is 2.36. The molecule has 0 aliphatic carbocycles. The molecule has 0 saturated carbocycles. The van der Waals surface area contributed by atoms with Crippen LogP contribution < -0.4 is 5.32 Å². The molecule has 0 saturated heterocycles. The molecule has 1 atom stereocenters. The largest absolute Gasteiger partial charge is 0.306 e. The Balaban J connectivity index is 2.62. The monoisotopic (exact) mass is 385 g/mol. The first kappa shape index (κ1) is 16.8. The van der Waals surface area contributed by atoms with Gasteiger partial charge in [-0.1, -0.05) is 58.2 Å². The Morgan fingerprint density at radius 3 is 2.29 bits per heavy atom. The van der Waals surface area contributed by atoms with Crippen molar-refractivity contribution in [3.8, 4) is 0 Å². The van der Waals surface area contributed by atoms with E-state index in [1.54, 1.807) is 0 Å². The molecule has 0 radical (unpaired) electrons. The molecular weight excluding hydrogens is 369 g/mol. The van der Waals surface area contributed by atoms with Crippen LogP contribution in [-0.2, 0) is 0 Å². The van der Waals surface area contributed by atoms with Crippen LogP contribution in [0.4, 0.5) is 0 Å². The Hall–Kier alpha value is -0.540. The van der Waals surface area contributed by atoms with Crippen molar-refractivity contribution < 1.29 is 0 Å². The van der Waals surface area contributed by atoms with Gasteiger partial charge in [-0.15, -0.1) is 0 Å². The molecule has 1 unspecified atom stereocenters. The maximum absolute atomic E-state index is 6.40. The molecule has 0 heterocycles. The molecule has 112 valence electrons. The topological polar surface area (TPSA) is 12.0 Å². The number of halogens is 3. The summed E-state index contributed by atoms with van der Waals surface area (Å²) >= 11 is 16.4. The summed E-state index contributed by atoms with van der Waals surface area (Å²) in [5.74, 6) is 0. The van der Waals surface area contributed by atoms with E-state index >= 15 is 0 Å². The number of benzene rings is 2. The minimum absolute atomic E-state index is 0.0111. The Bertz CT molecular complexity index is 635. The molecule has 0 fully saturated rings. The predicted molar refractivity (Wildman–Crippen MR) is 95.6 cm³/mol. The van der Waals surface area contributed by atoms with E-state index in [2.05, 4.69) is 54.2 Å². The lowest BCUT2D eigenvalue weighted by Crippen LogP contribution is -2.23. The summed E-state index contributed by atoms with van der Waals surface area (Å²) in [5.41, 5.74) is 4.54. The number of hydrogen-bond donors (Lipinski definition) is 1. The van der Waals surface area contributed by atoms with Crippen LogP contribution in [0.2, 0.25) is 10.0 Å². The van der Waals surface area contributed by atoms with Crippen LogP contribution in [0.15, 0.2) is 34.8 Å². The highest BCUT2D eigenvalue weighted by atomic mass is 79.9. The van der Waals surface area contributed by atoms with E-state index in [0.717, 1.165) is 16.6 Å². The standard InChI is InChI=1S/C17H18BrCl2N/c1-4-21-17(16-14(19)6-5-7-15(16)20)12-8-11(3)13(18)9-10(12)2/h5-9,17,21H,4H2,1-3H3. The second-order valence-corrected chi connectivity index (χ2v) is 6.75. The van der Waals surface area contributed by atoms with E-state index in [1.165, 1.54) is 16.7 Å². The molecule has 2 aromatic carbocycles. The fraction of sp³-hybridized carbons (Fsp3) is 0.294. The molecule has 0 aliphatic heterocycles. The van der Waals surface area contributed by atoms with Gasteiger partial charge in [0.1, 0.15) is 0 Å². The van der Waals surface area contributed by atoms with Gasteiger partial charge in [0, 0.05) is 20.1 Å². The van der Waals surface area contributed by atoms with Crippen molar-refractivity contribution in [1.29, 1.82) is 0 Å². The lowest BCUT2D eigenvalue weighted by atomic mass is 9.93. The second kappa shape index (κ2) is 7.15. The number of nitrogens with one attached hydrogen (secondary N) is 1. The third kappa shape index (κ3) is 3.62. The Morgan fingerprint density at radius 1 is 1.10 bits per heavy atom. The van der Waals surface area contributed by atoms with Crippen molar-refractivity contribution in [1.82, 2.24) is 5.32 Å². The quantitative estimate of drug-likeness (QED) is 0.672. The molecule has 4 heteroatoms. The number of hydrogen-bond acceptors (Lipinski definition) is 1. The van der Waals surface area contributed by atoms with Crippen molar-refractivity contribution in [2.75, 3.05) is 6.54 Å². The van der Waals surface area contributed by atoms with Crippen LogP contribution in [-0.4, -0.2) is 6.54 Å². The normalized spacial score (nSPS) is 12.5. The van der Waals surface area contributed by atoms with Crippen LogP contribution in [0.3, 0.4) is 0 Å². The lowest BCUT2D eigenvalue weighted by Gasteiger charge is -2.24. The zero-order chi connectivity index (χ0) is 15.6. The van der Waals surface area contributed by atoms with Crippen LogP contribution in [0, 0.1) is 13.8 Å². The van der Waals surface area contributed by atoms with Crippen molar-refractivity contribution >= 4 is 39.1 Å². The maximum atomic E-state index is 6.40. The molecular formula is C17H18BrCl2N. The summed E-state index contributed by atoms with van der Waals surface area (Å²) in [6.07, 6.45) is 0. The lowest BCUT2D eigenvalue weighted by molar-refractivity contribution is 0.627. The number of rotatable bonds is 4. The molecule has 0 spiro atoms. The van der Waals surface area contributed by atoms with Gasteiger partial charge in [-0.05, 0) is 55.3 Å². The molecule has 0 bridgehead atoms. The van der Waals surface area contributed by atoms with E-state index in [4.69, 9.17) is 23.2 Å². The molecule has 1 nitrogen and oxygen atoms in total. The minimum Gasteiger partial charge on any atom is -0.306 e. The summed E-state index contributed by atoms with van der Waals surface area (Å²) in [4.78, 5) is 0. The second-order valence-electron chi connectivity index (χ2n) is 5.08. The SMILES string of the molecule is CCNC(c1cc(C)c(Br)cc1C)c1c(Cl)cccc1Cl. The summed E-state index contributed by atoms with van der Waals surface area (Å²) < 4.78 is 1.12. The third-order valence-corrected chi connectivity index (χ3v) is 5.07. The van der Waals surface area contributed by atoms with Gasteiger partial charge < -0.3 is 5.32 Å². The maximum Gasteiger partial charge on any atom is 0.0609 e. The highest BCUT2D eigenvalue weighted by molar-refractivity contribution is 9.10. The van der Waals surface area contributed by atoms with Gasteiger partial charge in [-0.25, -0.2) is 0 Å². The van der Waals surface area contributed by atoms with Gasteiger partial charge in [-0.2, -0.15) is 0 Å². The Kier molecular flexibility index (Phi) is 5.73. The van der Waals surface area contributed by atoms with Gasteiger partial charge in [0.15, 0.2) is 0 Å². The minimum atomic E-state index is -0.0111. The smallest absolute Gasteiger partial charge is 0.0609 e. The van der Waals surface area contributed by atoms with Gasteiger partial charge in [0.2, 0.25) is 0 Å². The Labute approximate surface area is 144 Å². The van der Waals surface area contributed by atoms with E-state index in [0.29, 0.717) is 10.0 Å². The molecule has 2 aromatic rings. The summed E-state index contributed by atoms with van der Waals surface area (Å²) in [5, 5.41) is 4.88. The van der Waals surface area contributed by atoms with Gasteiger partial charge in [-0.3, -0.25) is 0 Å². The van der Waals surface area contributed by atoms with E-state index in [1.807, 2.05) is 18.2 Å². The van der Waals surface area contributed by atoms with Gasteiger partial charge >= 0.3 is 0 Å². The first-order valence-corrected chi connectivity index (χ1v) is 8.44. The number of aryl methyl sites for hydroxylation is 2. The van der Waals surface area contributed by atoms with Crippen LogP contribution in [0.5, 0.6) is 0 Å². The van der Waals surface area contributed by atoms with Crippen LogP contribution >= 0.6 is 39.1 Å². The predicted octanol–water partition coefficient (Wildman–Crippen LogP) is 6.07. The average Bonchev–Trinajstić information content (AvgIpc) is 2.42. The first-order valence-electron chi connectivity index (χ1n) is 6.89. The fourth-order valence-corrected chi connectivity index (χ4v) is 3.55. The molecule has 0 amide bonds. The van der Waals surface area contributed by atoms with Crippen molar-refractivity contribution in [3.63, 3.8) is 0 Å². The molecule has 0 aliphatic rings. The van der Waals surface area contributed by atoms with E-state index < -0.39 is 0 Å². The van der Waals surface area contributed by atoms with E-state index in [9.17, 15) is 0 Å². The zero-order valence-corrected chi connectivity index (χ0v) is 15.4.